The fourth-order valence-corrected chi connectivity index (χ4v) is 2.26. The van der Waals surface area contributed by atoms with Crippen LogP contribution in [0.15, 0.2) is 54.9 Å². The van der Waals surface area contributed by atoms with Crippen LogP contribution >= 0.6 is 11.6 Å². The Bertz CT molecular complexity index is 715. The molecule has 0 saturated heterocycles. The van der Waals surface area contributed by atoms with Crippen LogP contribution in [0.3, 0.4) is 0 Å². The highest BCUT2D eigenvalue weighted by Gasteiger charge is 2.07. The Morgan fingerprint density at radius 1 is 1.05 bits per heavy atom. The van der Waals surface area contributed by atoms with Gasteiger partial charge in [-0.25, -0.2) is 0 Å². The highest BCUT2D eigenvalue weighted by molar-refractivity contribution is 6.34. The van der Waals surface area contributed by atoms with Crippen LogP contribution in [0.5, 0.6) is 0 Å². The number of anilines is 3. The molecule has 19 heavy (non-hydrogen) atoms. The van der Waals surface area contributed by atoms with Crippen LogP contribution in [0.2, 0.25) is 5.02 Å². The van der Waals surface area contributed by atoms with Crippen molar-refractivity contribution >= 4 is 39.4 Å². The van der Waals surface area contributed by atoms with E-state index in [1.165, 1.54) is 0 Å². The van der Waals surface area contributed by atoms with E-state index in [-0.39, 0.29) is 0 Å². The van der Waals surface area contributed by atoms with E-state index < -0.39 is 0 Å². The molecule has 0 aliphatic carbocycles. The van der Waals surface area contributed by atoms with Crippen molar-refractivity contribution in [2.75, 3.05) is 11.1 Å². The van der Waals surface area contributed by atoms with Gasteiger partial charge < -0.3 is 11.1 Å². The van der Waals surface area contributed by atoms with E-state index >= 15 is 0 Å². The Hall–Kier alpha value is -2.26. The molecule has 0 aliphatic heterocycles. The number of nitrogen functional groups attached to an aromatic ring is 1. The van der Waals surface area contributed by atoms with Crippen LogP contribution in [0.25, 0.3) is 10.8 Å². The summed E-state index contributed by atoms with van der Waals surface area (Å²) < 4.78 is 0. The van der Waals surface area contributed by atoms with E-state index in [0.717, 1.165) is 22.1 Å². The van der Waals surface area contributed by atoms with Gasteiger partial charge in [-0.3, -0.25) is 4.98 Å². The zero-order valence-corrected chi connectivity index (χ0v) is 10.9. The van der Waals surface area contributed by atoms with Gasteiger partial charge in [-0.1, -0.05) is 29.8 Å². The normalized spacial score (nSPS) is 10.6. The largest absolute Gasteiger partial charge is 0.397 e. The Morgan fingerprint density at radius 3 is 2.74 bits per heavy atom. The van der Waals surface area contributed by atoms with E-state index in [0.29, 0.717) is 10.7 Å². The zero-order chi connectivity index (χ0) is 13.2. The van der Waals surface area contributed by atoms with E-state index in [4.69, 9.17) is 17.3 Å². The smallest absolute Gasteiger partial charge is 0.0807 e. The molecule has 0 aliphatic rings. The third kappa shape index (κ3) is 2.20. The number of nitrogens with zero attached hydrogens (tertiary/aromatic N) is 1. The maximum atomic E-state index is 6.17. The van der Waals surface area contributed by atoms with Crippen molar-refractivity contribution < 1.29 is 0 Å². The van der Waals surface area contributed by atoms with Gasteiger partial charge in [-0.15, -0.1) is 0 Å². The molecule has 0 bridgehead atoms. The number of pyridine rings is 1. The zero-order valence-electron chi connectivity index (χ0n) is 10.1. The molecule has 0 atom stereocenters. The summed E-state index contributed by atoms with van der Waals surface area (Å²) in [4.78, 5) is 4.16. The van der Waals surface area contributed by atoms with Crippen molar-refractivity contribution in [2.24, 2.45) is 0 Å². The number of rotatable bonds is 2. The first-order valence-corrected chi connectivity index (χ1v) is 6.27. The monoisotopic (exact) mass is 269 g/mol. The van der Waals surface area contributed by atoms with Gasteiger partial charge in [0.05, 0.1) is 16.4 Å². The van der Waals surface area contributed by atoms with Crippen LogP contribution in [-0.4, -0.2) is 4.98 Å². The lowest BCUT2D eigenvalue weighted by atomic mass is 10.1. The van der Waals surface area contributed by atoms with Gasteiger partial charge in [0.2, 0.25) is 0 Å². The molecule has 0 amide bonds. The van der Waals surface area contributed by atoms with Crippen molar-refractivity contribution in [2.45, 2.75) is 0 Å². The van der Waals surface area contributed by atoms with E-state index in [1.807, 2.05) is 48.7 Å². The number of para-hydroxylation sites is 1. The molecule has 0 spiro atoms. The molecule has 4 heteroatoms. The van der Waals surface area contributed by atoms with E-state index in [1.54, 1.807) is 6.20 Å². The summed E-state index contributed by atoms with van der Waals surface area (Å²) in [6.07, 6.45) is 3.60. The molecule has 0 fully saturated rings. The molecule has 1 aromatic heterocycles. The lowest BCUT2D eigenvalue weighted by Gasteiger charge is -2.13. The number of benzene rings is 2. The lowest BCUT2D eigenvalue weighted by molar-refractivity contribution is 1.36. The summed E-state index contributed by atoms with van der Waals surface area (Å²) >= 11 is 6.17. The first kappa shape index (κ1) is 11.8. The van der Waals surface area contributed by atoms with Crippen molar-refractivity contribution in [1.82, 2.24) is 4.98 Å². The van der Waals surface area contributed by atoms with E-state index in [9.17, 15) is 0 Å². The minimum atomic E-state index is 0.598. The molecule has 1 heterocycles. The second-order valence-corrected chi connectivity index (χ2v) is 4.64. The van der Waals surface area contributed by atoms with Crippen molar-refractivity contribution in [1.29, 1.82) is 0 Å². The standard InChI is InChI=1S/C15H12ClN3/c16-12-4-2-5-13(17)15(12)19-14-6-1-3-10-7-8-18-9-11(10)14/h1-9,19H,17H2. The maximum Gasteiger partial charge on any atom is 0.0807 e. The van der Waals surface area contributed by atoms with Gasteiger partial charge >= 0.3 is 0 Å². The predicted molar refractivity (Wildman–Crippen MR) is 80.9 cm³/mol. The molecule has 3 rings (SSSR count). The fourth-order valence-electron chi connectivity index (χ4n) is 2.03. The number of nitrogens with one attached hydrogen (secondary N) is 1. The predicted octanol–water partition coefficient (Wildman–Crippen LogP) is 4.21. The maximum absolute atomic E-state index is 6.17. The summed E-state index contributed by atoms with van der Waals surface area (Å²) in [5.41, 5.74) is 8.23. The van der Waals surface area contributed by atoms with Gasteiger partial charge in [0, 0.05) is 23.5 Å². The Balaban J connectivity index is 2.11. The molecule has 0 radical (unpaired) electrons. The molecule has 94 valence electrons. The van der Waals surface area contributed by atoms with Crippen LogP contribution < -0.4 is 11.1 Å². The van der Waals surface area contributed by atoms with Gasteiger partial charge in [0.1, 0.15) is 0 Å². The van der Waals surface area contributed by atoms with E-state index in [2.05, 4.69) is 10.3 Å². The number of halogens is 1. The summed E-state index contributed by atoms with van der Waals surface area (Å²) in [7, 11) is 0. The lowest BCUT2D eigenvalue weighted by Crippen LogP contribution is -1.97. The second kappa shape index (κ2) is 4.78. The summed E-state index contributed by atoms with van der Waals surface area (Å²) in [5, 5.41) is 6.03. The molecule has 2 aromatic carbocycles. The van der Waals surface area contributed by atoms with Crippen LogP contribution in [0, 0.1) is 0 Å². The quantitative estimate of drug-likeness (QED) is 0.685. The first-order chi connectivity index (χ1) is 9.25. The highest BCUT2D eigenvalue weighted by atomic mass is 35.5. The van der Waals surface area contributed by atoms with Gasteiger partial charge in [0.25, 0.3) is 0 Å². The summed E-state index contributed by atoms with van der Waals surface area (Å²) in [6, 6.07) is 13.4. The molecule has 0 saturated carbocycles. The van der Waals surface area contributed by atoms with Crippen LogP contribution in [-0.2, 0) is 0 Å². The Labute approximate surface area is 116 Å². The number of aromatic nitrogens is 1. The van der Waals surface area contributed by atoms with Crippen molar-refractivity contribution in [3.63, 3.8) is 0 Å². The van der Waals surface area contributed by atoms with Gasteiger partial charge in [0.15, 0.2) is 0 Å². The highest BCUT2D eigenvalue weighted by Crippen LogP contribution is 2.33. The van der Waals surface area contributed by atoms with Gasteiger partial charge in [-0.05, 0) is 29.7 Å². The minimum Gasteiger partial charge on any atom is -0.397 e. The minimum absolute atomic E-state index is 0.598. The number of hydrogen-bond donors (Lipinski definition) is 2. The van der Waals surface area contributed by atoms with Crippen molar-refractivity contribution in [3.05, 3.63) is 59.9 Å². The molecule has 3 N–H and O–H groups in total. The molecule has 0 unspecified atom stereocenters. The SMILES string of the molecule is Nc1cccc(Cl)c1Nc1cccc2ccncc12. The average Bonchev–Trinajstić information content (AvgIpc) is 2.43. The third-order valence-corrected chi connectivity index (χ3v) is 3.30. The fraction of sp³-hybridized carbons (Fsp3) is 0. The van der Waals surface area contributed by atoms with Crippen molar-refractivity contribution in [3.8, 4) is 0 Å². The second-order valence-electron chi connectivity index (χ2n) is 4.23. The first-order valence-electron chi connectivity index (χ1n) is 5.89. The number of hydrogen-bond acceptors (Lipinski definition) is 3. The Kier molecular flexibility index (Phi) is 2.97. The number of fused-ring (bicyclic) bond motifs is 1. The van der Waals surface area contributed by atoms with Gasteiger partial charge in [-0.2, -0.15) is 0 Å². The summed E-state index contributed by atoms with van der Waals surface area (Å²) in [6.45, 7) is 0. The Morgan fingerprint density at radius 2 is 1.89 bits per heavy atom. The molecule has 3 nitrogen and oxygen atoms in total. The molecular formula is C15H12ClN3. The molecule has 3 aromatic rings. The number of nitrogens with two attached hydrogens (primary N) is 1. The topological polar surface area (TPSA) is 50.9 Å². The average molecular weight is 270 g/mol. The van der Waals surface area contributed by atoms with Crippen LogP contribution in [0.1, 0.15) is 0 Å². The summed E-state index contributed by atoms with van der Waals surface area (Å²) in [5.74, 6) is 0. The van der Waals surface area contributed by atoms with Crippen LogP contribution in [0.4, 0.5) is 17.1 Å². The molecular weight excluding hydrogens is 258 g/mol. The third-order valence-electron chi connectivity index (χ3n) is 2.99.